The first kappa shape index (κ1) is 13.6. The second-order valence-electron chi connectivity index (χ2n) is 6.19. The van der Waals surface area contributed by atoms with Crippen molar-refractivity contribution in [1.29, 1.82) is 0 Å². The van der Waals surface area contributed by atoms with Crippen molar-refractivity contribution in [3.8, 4) is 0 Å². The summed E-state index contributed by atoms with van der Waals surface area (Å²) in [5, 5.41) is 8.22. The van der Waals surface area contributed by atoms with Gasteiger partial charge in [-0.3, -0.25) is 0 Å². The van der Waals surface area contributed by atoms with E-state index in [1.807, 2.05) is 16.8 Å². The molecule has 2 aromatic heterocycles. The zero-order chi connectivity index (χ0) is 13.9. The van der Waals surface area contributed by atoms with E-state index in [0.717, 1.165) is 18.4 Å². The van der Waals surface area contributed by atoms with Crippen LogP contribution in [0.25, 0.3) is 5.52 Å². The van der Waals surface area contributed by atoms with Crippen molar-refractivity contribution >= 4 is 5.52 Å². The third-order valence-corrected chi connectivity index (χ3v) is 4.75. The molecular weight excluding hydrogens is 246 g/mol. The first-order chi connectivity index (χ1) is 9.79. The van der Waals surface area contributed by atoms with E-state index in [2.05, 4.69) is 42.6 Å². The van der Waals surface area contributed by atoms with Gasteiger partial charge in [-0.05, 0) is 43.4 Å². The van der Waals surface area contributed by atoms with Gasteiger partial charge in [0.25, 0.3) is 0 Å². The molecule has 1 N–H and O–H groups in total. The van der Waals surface area contributed by atoms with Gasteiger partial charge in [-0.15, -0.1) is 0 Å². The summed E-state index contributed by atoms with van der Waals surface area (Å²) < 4.78 is 1.99. The Hall–Kier alpha value is -1.35. The normalized spacial score (nSPS) is 24.9. The molecule has 3 rings (SSSR count). The number of fused-ring (bicyclic) bond motifs is 1. The van der Waals surface area contributed by atoms with Crippen LogP contribution in [0.3, 0.4) is 0 Å². The molecule has 0 aliphatic heterocycles. The predicted molar refractivity (Wildman–Crippen MR) is 82.7 cm³/mol. The van der Waals surface area contributed by atoms with Gasteiger partial charge in [-0.1, -0.05) is 32.8 Å². The van der Waals surface area contributed by atoms with Gasteiger partial charge < -0.3 is 5.32 Å². The molecule has 0 aromatic carbocycles. The van der Waals surface area contributed by atoms with Crippen molar-refractivity contribution in [1.82, 2.24) is 14.9 Å². The summed E-state index contributed by atoms with van der Waals surface area (Å²) in [7, 11) is 0. The summed E-state index contributed by atoms with van der Waals surface area (Å²) in [6.07, 6.45) is 9.50. The Morgan fingerprint density at radius 1 is 1.30 bits per heavy atom. The van der Waals surface area contributed by atoms with Gasteiger partial charge in [0.15, 0.2) is 0 Å². The van der Waals surface area contributed by atoms with Crippen LogP contribution in [0.2, 0.25) is 0 Å². The molecule has 108 valence electrons. The topological polar surface area (TPSA) is 29.3 Å². The highest BCUT2D eigenvalue weighted by Gasteiger charge is 2.28. The minimum Gasteiger partial charge on any atom is -0.310 e. The molecular formula is C17H25N3. The third-order valence-electron chi connectivity index (χ3n) is 4.75. The quantitative estimate of drug-likeness (QED) is 0.916. The molecule has 1 atom stereocenters. The van der Waals surface area contributed by atoms with Crippen LogP contribution in [0.4, 0.5) is 0 Å². The summed E-state index contributed by atoms with van der Waals surface area (Å²) in [6.45, 7) is 5.60. The smallest absolute Gasteiger partial charge is 0.0709 e. The lowest BCUT2D eigenvalue weighted by Crippen LogP contribution is -2.30. The van der Waals surface area contributed by atoms with E-state index in [0.29, 0.717) is 6.04 Å². The maximum atomic E-state index is 4.51. The van der Waals surface area contributed by atoms with Crippen LogP contribution in [0.1, 0.15) is 51.1 Å². The van der Waals surface area contributed by atoms with Crippen LogP contribution in [-0.2, 0) is 0 Å². The average molecular weight is 271 g/mol. The van der Waals surface area contributed by atoms with E-state index in [1.165, 1.54) is 36.8 Å². The molecule has 1 saturated carbocycles. The van der Waals surface area contributed by atoms with Crippen molar-refractivity contribution in [2.24, 2.45) is 11.8 Å². The maximum absolute atomic E-state index is 4.51. The Balaban J connectivity index is 1.90. The lowest BCUT2D eigenvalue weighted by Gasteiger charge is -2.33. The number of pyridine rings is 1. The zero-order valence-electron chi connectivity index (χ0n) is 12.5. The van der Waals surface area contributed by atoms with Crippen LogP contribution in [0, 0.1) is 11.8 Å². The van der Waals surface area contributed by atoms with Crippen LogP contribution in [-0.4, -0.2) is 16.2 Å². The summed E-state index contributed by atoms with van der Waals surface area (Å²) in [4.78, 5) is 0. The standard InChI is InChI=1S/C17H25N3/c1-3-18-17(14-9-7-13(2)8-10-14)15-12-19-20-11-5-4-6-16(15)20/h4-6,11-14,17-18H,3,7-10H2,1-2H3. The molecule has 1 aliphatic carbocycles. The first-order valence-corrected chi connectivity index (χ1v) is 7.95. The lowest BCUT2D eigenvalue weighted by atomic mass is 9.77. The van der Waals surface area contributed by atoms with E-state index < -0.39 is 0 Å². The summed E-state index contributed by atoms with van der Waals surface area (Å²) in [5.41, 5.74) is 2.61. The molecule has 3 nitrogen and oxygen atoms in total. The molecule has 1 aliphatic rings. The number of nitrogens with one attached hydrogen (secondary N) is 1. The molecule has 1 fully saturated rings. The highest BCUT2D eigenvalue weighted by molar-refractivity contribution is 5.55. The molecule has 20 heavy (non-hydrogen) atoms. The van der Waals surface area contributed by atoms with Crippen LogP contribution >= 0.6 is 0 Å². The molecule has 0 amide bonds. The maximum Gasteiger partial charge on any atom is 0.0709 e. The van der Waals surface area contributed by atoms with Gasteiger partial charge in [-0.25, -0.2) is 4.52 Å². The minimum atomic E-state index is 0.451. The number of rotatable bonds is 4. The van der Waals surface area contributed by atoms with Crippen molar-refractivity contribution in [3.63, 3.8) is 0 Å². The number of hydrogen-bond donors (Lipinski definition) is 1. The molecule has 1 unspecified atom stereocenters. The molecule has 0 saturated heterocycles. The second kappa shape index (κ2) is 5.96. The van der Waals surface area contributed by atoms with Gasteiger partial charge in [-0.2, -0.15) is 5.10 Å². The molecule has 0 bridgehead atoms. The van der Waals surface area contributed by atoms with Gasteiger partial charge in [0.05, 0.1) is 11.7 Å². The van der Waals surface area contributed by atoms with Gasteiger partial charge in [0.1, 0.15) is 0 Å². The lowest BCUT2D eigenvalue weighted by molar-refractivity contribution is 0.234. The zero-order valence-corrected chi connectivity index (χ0v) is 12.5. The highest BCUT2D eigenvalue weighted by Crippen LogP contribution is 2.37. The Morgan fingerprint density at radius 3 is 2.85 bits per heavy atom. The fourth-order valence-corrected chi connectivity index (χ4v) is 3.56. The Bertz CT molecular complexity index is 552. The summed E-state index contributed by atoms with van der Waals surface area (Å²) in [6, 6.07) is 6.77. The monoisotopic (exact) mass is 271 g/mol. The van der Waals surface area contributed by atoms with Crippen LogP contribution in [0.15, 0.2) is 30.6 Å². The van der Waals surface area contributed by atoms with E-state index in [-0.39, 0.29) is 0 Å². The van der Waals surface area contributed by atoms with Crippen molar-refractivity contribution in [2.75, 3.05) is 6.54 Å². The van der Waals surface area contributed by atoms with Crippen LogP contribution in [0.5, 0.6) is 0 Å². The highest BCUT2D eigenvalue weighted by atomic mass is 15.2. The fourth-order valence-electron chi connectivity index (χ4n) is 3.56. The number of hydrogen-bond acceptors (Lipinski definition) is 2. The van der Waals surface area contributed by atoms with Crippen molar-refractivity contribution in [2.45, 2.75) is 45.6 Å². The SMILES string of the molecule is CCNC(c1cnn2ccccc12)C1CCC(C)CC1. The van der Waals surface area contributed by atoms with Gasteiger partial charge in [0, 0.05) is 17.8 Å². The van der Waals surface area contributed by atoms with E-state index in [9.17, 15) is 0 Å². The van der Waals surface area contributed by atoms with Gasteiger partial charge >= 0.3 is 0 Å². The number of aromatic nitrogens is 2. The molecule has 0 spiro atoms. The molecule has 2 aromatic rings. The summed E-state index contributed by atoms with van der Waals surface area (Å²) >= 11 is 0. The van der Waals surface area contributed by atoms with Crippen molar-refractivity contribution in [3.05, 3.63) is 36.2 Å². The molecule has 2 heterocycles. The first-order valence-electron chi connectivity index (χ1n) is 7.95. The molecule has 3 heteroatoms. The Labute approximate surface area is 121 Å². The minimum absolute atomic E-state index is 0.451. The average Bonchev–Trinajstić information content (AvgIpc) is 2.90. The van der Waals surface area contributed by atoms with Crippen molar-refractivity contribution < 1.29 is 0 Å². The van der Waals surface area contributed by atoms with Crippen LogP contribution < -0.4 is 5.32 Å². The van der Waals surface area contributed by atoms with E-state index >= 15 is 0 Å². The third kappa shape index (κ3) is 2.59. The van der Waals surface area contributed by atoms with E-state index in [4.69, 9.17) is 0 Å². The summed E-state index contributed by atoms with van der Waals surface area (Å²) in [5.74, 6) is 1.65. The van der Waals surface area contributed by atoms with E-state index in [1.54, 1.807) is 0 Å². The molecule has 0 radical (unpaired) electrons. The number of nitrogens with zero attached hydrogens (tertiary/aromatic N) is 2. The Kier molecular flexibility index (Phi) is 4.06. The fraction of sp³-hybridized carbons (Fsp3) is 0.588. The predicted octanol–water partition coefficient (Wildman–Crippen LogP) is 3.81. The van der Waals surface area contributed by atoms with Gasteiger partial charge in [0.2, 0.25) is 0 Å². The largest absolute Gasteiger partial charge is 0.310 e. The Morgan fingerprint density at radius 2 is 2.10 bits per heavy atom. The second-order valence-corrected chi connectivity index (χ2v) is 6.19.